The summed E-state index contributed by atoms with van der Waals surface area (Å²) in [6.07, 6.45) is 0. The molecule has 8 nitrogen and oxygen atoms in total. The standard InChI is InChI=1S/C26H17Cl4N3O5S2/c1-38-16-5-3-2-4-14(16)15-10-40-26(32-15)33-17(34)11-39-13-8-6-12(7-9-13)31-24(35)18-19(25(36)37)21(28)23(30)22(29)20(18)27/h2-10H,11H2,1H3,(H,31,35)(H,36,37)(H,32,33,34). The van der Waals surface area contributed by atoms with Gasteiger partial charge >= 0.3 is 5.97 Å². The molecule has 4 rings (SSSR count). The summed E-state index contributed by atoms with van der Waals surface area (Å²) in [6.45, 7) is 0. The van der Waals surface area contributed by atoms with Crippen LogP contribution in [0.4, 0.5) is 10.8 Å². The molecule has 3 aromatic carbocycles. The van der Waals surface area contributed by atoms with Crippen molar-refractivity contribution in [3.63, 3.8) is 0 Å². The van der Waals surface area contributed by atoms with Gasteiger partial charge < -0.3 is 20.5 Å². The van der Waals surface area contributed by atoms with Crippen molar-refractivity contribution in [2.75, 3.05) is 23.5 Å². The Kier molecular flexibility index (Phi) is 9.83. The molecule has 3 N–H and O–H groups in total. The van der Waals surface area contributed by atoms with Gasteiger partial charge in [0, 0.05) is 21.5 Å². The van der Waals surface area contributed by atoms with Crippen LogP contribution >= 0.6 is 69.5 Å². The average molecular weight is 657 g/mol. The molecule has 0 unspecified atom stereocenters. The largest absolute Gasteiger partial charge is 0.496 e. The van der Waals surface area contributed by atoms with Crippen molar-refractivity contribution in [3.8, 4) is 17.0 Å². The van der Waals surface area contributed by atoms with Gasteiger partial charge in [0.2, 0.25) is 5.91 Å². The number of carboxylic acids is 1. The number of aromatic carboxylic acids is 1. The van der Waals surface area contributed by atoms with Crippen molar-refractivity contribution in [1.82, 2.24) is 4.98 Å². The number of carbonyl (C=O) groups excluding carboxylic acids is 2. The number of nitrogens with one attached hydrogen (secondary N) is 2. The summed E-state index contributed by atoms with van der Waals surface area (Å²) in [5.74, 6) is -1.76. The zero-order valence-electron chi connectivity index (χ0n) is 20.3. The number of ether oxygens (including phenoxy) is 1. The minimum atomic E-state index is -1.49. The zero-order valence-corrected chi connectivity index (χ0v) is 24.9. The second-order valence-electron chi connectivity index (χ2n) is 7.86. The summed E-state index contributed by atoms with van der Waals surface area (Å²) in [5.41, 5.74) is 0.891. The molecule has 0 saturated carbocycles. The second kappa shape index (κ2) is 13.1. The predicted molar refractivity (Wildman–Crippen MR) is 161 cm³/mol. The van der Waals surface area contributed by atoms with E-state index in [0.717, 1.165) is 10.5 Å². The number of thiazole rings is 1. The van der Waals surface area contributed by atoms with Crippen molar-refractivity contribution in [2.24, 2.45) is 0 Å². The first kappa shape index (κ1) is 30.0. The number of methoxy groups -OCH3 is 1. The quantitative estimate of drug-likeness (QED) is 0.0946. The van der Waals surface area contributed by atoms with Crippen LogP contribution in [0, 0.1) is 0 Å². The number of amides is 2. The summed E-state index contributed by atoms with van der Waals surface area (Å²) in [4.78, 5) is 42.3. The van der Waals surface area contributed by atoms with Gasteiger partial charge in [0.05, 0.1) is 49.8 Å². The molecule has 0 fully saturated rings. The number of carboxylic acid groups (broad SMARTS) is 1. The Balaban J connectivity index is 1.37. The molecule has 40 heavy (non-hydrogen) atoms. The van der Waals surface area contributed by atoms with E-state index in [1.807, 2.05) is 29.6 Å². The molecule has 0 radical (unpaired) electrons. The number of hydrogen-bond donors (Lipinski definition) is 3. The topological polar surface area (TPSA) is 118 Å². The molecule has 0 aliphatic carbocycles. The van der Waals surface area contributed by atoms with E-state index in [0.29, 0.717) is 22.3 Å². The molecular weight excluding hydrogens is 640 g/mol. The lowest BCUT2D eigenvalue weighted by molar-refractivity contribution is -0.113. The molecule has 4 aromatic rings. The summed E-state index contributed by atoms with van der Waals surface area (Å²) >= 11 is 26.7. The van der Waals surface area contributed by atoms with Crippen LogP contribution in [0.5, 0.6) is 5.75 Å². The lowest BCUT2D eigenvalue weighted by Gasteiger charge is -2.14. The molecule has 14 heteroatoms. The maximum absolute atomic E-state index is 12.9. The monoisotopic (exact) mass is 655 g/mol. The van der Waals surface area contributed by atoms with Crippen molar-refractivity contribution in [3.05, 3.63) is 85.1 Å². The first-order chi connectivity index (χ1) is 19.1. The van der Waals surface area contributed by atoms with E-state index in [1.54, 1.807) is 31.4 Å². The molecule has 0 spiro atoms. The third-order valence-electron chi connectivity index (χ3n) is 5.32. The van der Waals surface area contributed by atoms with Gasteiger partial charge in [-0.2, -0.15) is 0 Å². The first-order valence-corrected chi connectivity index (χ1v) is 14.5. The number of anilines is 2. The van der Waals surface area contributed by atoms with Crippen LogP contribution in [0.15, 0.2) is 58.8 Å². The number of benzene rings is 3. The van der Waals surface area contributed by atoms with E-state index >= 15 is 0 Å². The smallest absolute Gasteiger partial charge is 0.338 e. The summed E-state index contributed by atoms with van der Waals surface area (Å²) in [7, 11) is 1.59. The highest BCUT2D eigenvalue weighted by atomic mass is 35.5. The number of para-hydroxylation sites is 1. The highest BCUT2D eigenvalue weighted by Gasteiger charge is 2.29. The van der Waals surface area contributed by atoms with Crippen molar-refractivity contribution >= 4 is 98.1 Å². The maximum Gasteiger partial charge on any atom is 0.338 e. The first-order valence-electron chi connectivity index (χ1n) is 11.1. The fourth-order valence-corrected chi connectivity index (χ4v) is 5.93. The third kappa shape index (κ3) is 6.65. The van der Waals surface area contributed by atoms with Gasteiger partial charge in [0.25, 0.3) is 5.91 Å². The second-order valence-corrected chi connectivity index (χ2v) is 11.3. The van der Waals surface area contributed by atoms with Gasteiger partial charge in [0.15, 0.2) is 5.13 Å². The molecule has 0 atom stereocenters. The number of rotatable bonds is 9. The minimum Gasteiger partial charge on any atom is -0.496 e. The Morgan fingerprint density at radius 1 is 0.925 bits per heavy atom. The fourth-order valence-electron chi connectivity index (χ4n) is 3.49. The number of halogens is 4. The molecule has 0 aliphatic rings. The van der Waals surface area contributed by atoms with Gasteiger partial charge in [-0.25, -0.2) is 9.78 Å². The summed E-state index contributed by atoms with van der Waals surface area (Å²) < 4.78 is 5.37. The zero-order chi connectivity index (χ0) is 29.0. The minimum absolute atomic E-state index is 0.120. The van der Waals surface area contributed by atoms with Gasteiger partial charge in [-0.15, -0.1) is 23.1 Å². The van der Waals surface area contributed by atoms with E-state index < -0.39 is 28.0 Å². The van der Waals surface area contributed by atoms with Crippen molar-refractivity contribution in [2.45, 2.75) is 4.90 Å². The van der Waals surface area contributed by atoms with Crippen LogP contribution in [-0.4, -0.2) is 40.7 Å². The van der Waals surface area contributed by atoms with Crippen molar-refractivity contribution in [1.29, 1.82) is 0 Å². The summed E-state index contributed by atoms with van der Waals surface area (Å²) in [6, 6.07) is 14.0. The normalized spacial score (nSPS) is 10.7. The molecule has 0 saturated heterocycles. The van der Waals surface area contributed by atoms with Gasteiger partial charge in [-0.1, -0.05) is 58.5 Å². The Morgan fingerprint density at radius 3 is 2.23 bits per heavy atom. The molecule has 0 bridgehead atoms. The Labute approximate surface area is 256 Å². The van der Waals surface area contributed by atoms with Crippen molar-refractivity contribution < 1.29 is 24.2 Å². The Bertz CT molecular complexity index is 1610. The highest BCUT2D eigenvalue weighted by Crippen LogP contribution is 2.42. The lowest BCUT2D eigenvalue weighted by Crippen LogP contribution is -2.18. The molecule has 1 aromatic heterocycles. The molecule has 206 valence electrons. The number of carbonyl (C=O) groups is 3. The predicted octanol–water partition coefficient (Wildman–Crippen LogP) is 8.11. The van der Waals surface area contributed by atoms with E-state index in [-0.39, 0.29) is 26.7 Å². The number of nitrogens with zero attached hydrogens (tertiary/aromatic N) is 1. The van der Waals surface area contributed by atoms with Crippen LogP contribution in [0.1, 0.15) is 20.7 Å². The van der Waals surface area contributed by atoms with E-state index in [1.165, 1.54) is 23.1 Å². The Morgan fingerprint density at radius 2 is 1.57 bits per heavy atom. The summed E-state index contributed by atoms with van der Waals surface area (Å²) in [5, 5.41) is 16.0. The van der Waals surface area contributed by atoms with E-state index in [2.05, 4.69) is 15.6 Å². The van der Waals surface area contributed by atoms with E-state index in [4.69, 9.17) is 51.1 Å². The number of hydrogen-bond acceptors (Lipinski definition) is 7. The van der Waals surface area contributed by atoms with Gasteiger partial charge in [-0.3, -0.25) is 9.59 Å². The van der Waals surface area contributed by atoms with Crippen LogP contribution in [0.2, 0.25) is 20.1 Å². The van der Waals surface area contributed by atoms with E-state index in [9.17, 15) is 19.5 Å². The molecule has 0 aliphatic heterocycles. The SMILES string of the molecule is COc1ccccc1-c1csc(NC(=O)CSc2ccc(NC(=O)c3c(Cl)c(Cl)c(Cl)c(Cl)c3C(=O)O)cc2)n1. The third-order valence-corrected chi connectivity index (χ3v) is 8.90. The van der Waals surface area contributed by atoms with Crippen LogP contribution < -0.4 is 15.4 Å². The van der Waals surface area contributed by atoms with Gasteiger partial charge in [0.1, 0.15) is 5.75 Å². The molecule has 1 heterocycles. The Hall–Kier alpha value is -2.99. The average Bonchev–Trinajstić information content (AvgIpc) is 3.41. The molecular formula is C26H17Cl4N3O5S2. The van der Waals surface area contributed by atoms with Crippen LogP contribution in [-0.2, 0) is 4.79 Å². The number of thioether (sulfide) groups is 1. The maximum atomic E-state index is 12.9. The van der Waals surface area contributed by atoms with Gasteiger partial charge in [-0.05, 0) is 36.4 Å². The number of aromatic nitrogens is 1. The highest BCUT2D eigenvalue weighted by molar-refractivity contribution is 8.00. The van der Waals surface area contributed by atoms with Crippen LogP contribution in [0.3, 0.4) is 0 Å². The lowest BCUT2D eigenvalue weighted by atomic mass is 10.1. The molecule has 2 amide bonds. The van der Waals surface area contributed by atoms with Crippen LogP contribution in [0.25, 0.3) is 11.3 Å². The fraction of sp³-hybridized carbons (Fsp3) is 0.0769.